The van der Waals surface area contributed by atoms with Crippen LogP contribution in [0.2, 0.25) is 5.02 Å². The van der Waals surface area contributed by atoms with E-state index in [9.17, 15) is 9.59 Å². The molecule has 128 valence electrons. The first-order chi connectivity index (χ1) is 12.1. The molecule has 1 aromatic heterocycles. The van der Waals surface area contributed by atoms with E-state index in [2.05, 4.69) is 10.3 Å². The molecule has 0 radical (unpaired) electrons. The highest BCUT2D eigenvalue weighted by atomic mass is 35.5. The summed E-state index contributed by atoms with van der Waals surface area (Å²) in [6.07, 6.45) is 1.39. The molecule has 2 aromatic carbocycles. The molecule has 0 saturated heterocycles. The summed E-state index contributed by atoms with van der Waals surface area (Å²) < 4.78 is 1.29. The first-order valence-corrected chi connectivity index (χ1v) is 9.09. The number of aromatic nitrogens is 2. The molecular formula is C18H16ClN3O2S. The molecule has 7 heteroatoms. The van der Waals surface area contributed by atoms with E-state index >= 15 is 0 Å². The lowest BCUT2D eigenvalue weighted by atomic mass is 10.2. The monoisotopic (exact) mass is 373 g/mol. The molecular weight excluding hydrogens is 358 g/mol. The second kappa shape index (κ2) is 8.18. The highest BCUT2D eigenvalue weighted by molar-refractivity contribution is 7.99. The zero-order chi connectivity index (χ0) is 17.6. The van der Waals surface area contributed by atoms with E-state index in [-0.39, 0.29) is 18.0 Å². The summed E-state index contributed by atoms with van der Waals surface area (Å²) in [6.45, 7) is 0.463. The lowest BCUT2D eigenvalue weighted by Crippen LogP contribution is -2.33. The van der Waals surface area contributed by atoms with E-state index in [1.807, 2.05) is 30.3 Å². The van der Waals surface area contributed by atoms with E-state index in [0.29, 0.717) is 22.5 Å². The van der Waals surface area contributed by atoms with Crippen LogP contribution in [0.15, 0.2) is 64.5 Å². The van der Waals surface area contributed by atoms with Gasteiger partial charge in [0.15, 0.2) is 0 Å². The minimum Gasteiger partial charge on any atom is -0.354 e. The number of nitrogens with zero attached hydrogens (tertiary/aromatic N) is 2. The molecule has 0 aliphatic carbocycles. The Morgan fingerprint density at radius 1 is 1.20 bits per heavy atom. The van der Waals surface area contributed by atoms with Crippen molar-refractivity contribution in [2.45, 2.75) is 11.4 Å². The van der Waals surface area contributed by atoms with Crippen molar-refractivity contribution in [3.05, 3.63) is 70.2 Å². The molecule has 3 rings (SSSR count). The van der Waals surface area contributed by atoms with E-state index in [1.165, 1.54) is 10.9 Å². The summed E-state index contributed by atoms with van der Waals surface area (Å²) >= 11 is 7.59. The first kappa shape index (κ1) is 17.5. The number of carbonyl (C=O) groups excluding carboxylic acids is 1. The van der Waals surface area contributed by atoms with E-state index in [1.54, 1.807) is 30.0 Å². The zero-order valence-corrected chi connectivity index (χ0v) is 14.9. The van der Waals surface area contributed by atoms with E-state index in [4.69, 9.17) is 11.6 Å². The molecule has 5 nitrogen and oxygen atoms in total. The average molecular weight is 374 g/mol. The van der Waals surface area contributed by atoms with Crippen molar-refractivity contribution >= 4 is 40.2 Å². The minimum atomic E-state index is -0.277. The molecule has 0 aliphatic rings. The second-order valence-corrected chi connectivity index (χ2v) is 6.96. The summed E-state index contributed by atoms with van der Waals surface area (Å²) in [5.41, 5.74) is 0.284. The standard InChI is InChI=1S/C18H16ClN3O2S/c19-13-6-7-16-15(10-13)18(24)22(12-21-16)11-17(23)20-8-9-25-14-4-2-1-3-5-14/h1-7,10,12H,8-9,11H2,(H,20,23). The Labute approximate surface area is 154 Å². The third-order valence-electron chi connectivity index (χ3n) is 3.54. The number of fused-ring (bicyclic) bond motifs is 1. The average Bonchev–Trinajstić information content (AvgIpc) is 2.62. The lowest BCUT2D eigenvalue weighted by molar-refractivity contribution is -0.121. The second-order valence-electron chi connectivity index (χ2n) is 5.35. The van der Waals surface area contributed by atoms with Crippen LogP contribution in [0.25, 0.3) is 10.9 Å². The van der Waals surface area contributed by atoms with Crippen LogP contribution in [-0.2, 0) is 11.3 Å². The van der Waals surface area contributed by atoms with Gasteiger partial charge in [-0.15, -0.1) is 11.8 Å². The Bertz CT molecular complexity index is 944. The summed E-state index contributed by atoms with van der Waals surface area (Å²) in [4.78, 5) is 29.8. The maximum Gasteiger partial charge on any atom is 0.261 e. The normalized spacial score (nSPS) is 10.8. The maximum absolute atomic E-state index is 12.4. The quantitative estimate of drug-likeness (QED) is 0.533. The SMILES string of the molecule is O=C(Cn1cnc2ccc(Cl)cc2c1=O)NCCSc1ccccc1. The van der Waals surface area contributed by atoms with E-state index in [0.717, 1.165) is 10.6 Å². The number of halogens is 1. The third-order valence-corrected chi connectivity index (χ3v) is 4.79. The predicted molar refractivity (Wildman–Crippen MR) is 101 cm³/mol. The van der Waals surface area contributed by atoms with Gasteiger partial charge >= 0.3 is 0 Å². The number of nitrogens with one attached hydrogen (secondary N) is 1. The largest absolute Gasteiger partial charge is 0.354 e. The third kappa shape index (κ3) is 4.61. The molecule has 0 atom stereocenters. The van der Waals surface area contributed by atoms with Crippen LogP contribution >= 0.6 is 23.4 Å². The lowest BCUT2D eigenvalue weighted by Gasteiger charge is -2.08. The number of amides is 1. The number of carbonyl (C=O) groups is 1. The molecule has 3 aromatic rings. The molecule has 1 heterocycles. The molecule has 0 fully saturated rings. The van der Waals surface area contributed by atoms with E-state index < -0.39 is 0 Å². The van der Waals surface area contributed by atoms with Crippen molar-refractivity contribution in [1.82, 2.24) is 14.9 Å². The summed E-state index contributed by atoms with van der Waals surface area (Å²) in [5.74, 6) is 0.537. The molecule has 0 bridgehead atoms. The van der Waals surface area contributed by atoms with Crippen molar-refractivity contribution < 1.29 is 4.79 Å². The van der Waals surface area contributed by atoms with Gasteiger partial charge in [0.05, 0.1) is 17.2 Å². The van der Waals surface area contributed by atoms with Crippen LogP contribution in [0.5, 0.6) is 0 Å². The number of hydrogen-bond acceptors (Lipinski definition) is 4. The smallest absolute Gasteiger partial charge is 0.261 e. The zero-order valence-electron chi connectivity index (χ0n) is 13.3. The molecule has 1 amide bonds. The van der Waals surface area contributed by atoms with Crippen LogP contribution in [0.4, 0.5) is 0 Å². The van der Waals surface area contributed by atoms with Gasteiger partial charge in [0, 0.05) is 22.2 Å². The number of thioether (sulfide) groups is 1. The fourth-order valence-electron chi connectivity index (χ4n) is 2.33. The summed E-state index contributed by atoms with van der Waals surface area (Å²) in [7, 11) is 0. The van der Waals surface area contributed by atoms with Gasteiger partial charge in [0.25, 0.3) is 5.56 Å². The molecule has 0 spiro atoms. The van der Waals surface area contributed by atoms with Crippen molar-refractivity contribution in [2.24, 2.45) is 0 Å². The Kier molecular flexibility index (Phi) is 5.73. The molecule has 0 saturated carbocycles. The van der Waals surface area contributed by atoms with Gasteiger partial charge in [0.1, 0.15) is 6.54 Å². The van der Waals surface area contributed by atoms with Gasteiger partial charge in [-0.1, -0.05) is 29.8 Å². The van der Waals surface area contributed by atoms with Crippen LogP contribution in [0.1, 0.15) is 0 Å². The fourth-order valence-corrected chi connectivity index (χ4v) is 3.29. The minimum absolute atomic E-state index is 0.0652. The van der Waals surface area contributed by atoms with Crippen LogP contribution in [-0.4, -0.2) is 27.8 Å². The van der Waals surface area contributed by atoms with Crippen molar-refractivity contribution in [1.29, 1.82) is 0 Å². The highest BCUT2D eigenvalue weighted by Gasteiger charge is 2.08. The topological polar surface area (TPSA) is 64.0 Å². The number of hydrogen-bond donors (Lipinski definition) is 1. The van der Waals surface area contributed by atoms with Gasteiger partial charge in [-0.05, 0) is 30.3 Å². The van der Waals surface area contributed by atoms with Gasteiger partial charge in [-0.2, -0.15) is 0 Å². The number of benzene rings is 2. The number of rotatable bonds is 6. The summed E-state index contributed by atoms with van der Waals surface area (Å²) in [5, 5.41) is 3.68. The fraction of sp³-hybridized carbons (Fsp3) is 0.167. The van der Waals surface area contributed by atoms with Gasteiger partial charge in [-0.3, -0.25) is 14.2 Å². The molecule has 25 heavy (non-hydrogen) atoms. The molecule has 1 N–H and O–H groups in total. The molecule has 0 unspecified atom stereocenters. The first-order valence-electron chi connectivity index (χ1n) is 7.73. The van der Waals surface area contributed by atoms with Crippen molar-refractivity contribution in [3.63, 3.8) is 0 Å². The maximum atomic E-state index is 12.4. The Morgan fingerprint density at radius 3 is 2.80 bits per heavy atom. The summed E-state index contributed by atoms with van der Waals surface area (Å²) in [6, 6.07) is 14.9. The van der Waals surface area contributed by atoms with Gasteiger partial charge < -0.3 is 5.32 Å². The van der Waals surface area contributed by atoms with Crippen molar-refractivity contribution in [3.8, 4) is 0 Å². The van der Waals surface area contributed by atoms with Crippen molar-refractivity contribution in [2.75, 3.05) is 12.3 Å². The Hall–Kier alpha value is -2.31. The highest BCUT2D eigenvalue weighted by Crippen LogP contribution is 2.16. The van der Waals surface area contributed by atoms with Crippen LogP contribution < -0.4 is 10.9 Å². The van der Waals surface area contributed by atoms with Crippen LogP contribution in [0.3, 0.4) is 0 Å². The Balaban J connectivity index is 1.57. The van der Waals surface area contributed by atoms with Gasteiger partial charge in [0.2, 0.25) is 5.91 Å². The van der Waals surface area contributed by atoms with Gasteiger partial charge in [-0.25, -0.2) is 4.98 Å². The predicted octanol–water partition coefficient (Wildman–Crippen LogP) is 2.96. The molecule has 0 aliphatic heterocycles. The Morgan fingerprint density at radius 2 is 2.00 bits per heavy atom. The van der Waals surface area contributed by atoms with Crippen LogP contribution in [0, 0.1) is 0 Å².